The number of aromatic hydroxyl groups is 1. The molecule has 5 nitrogen and oxygen atoms in total. The number of phenols is 1. The molecule has 0 fully saturated rings. The Hall–Kier alpha value is -2.38. The van der Waals surface area contributed by atoms with Gasteiger partial charge in [-0.3, -0.25) is 4.79 Å². The first-order chi connectivity index (χ1) is 12.9. The van der Waals surface area contributed by atoms with E-state index in [0.717, 1.165) is 22.6 Å². The second kappa shape index (κ2) is 8.10. The molecule has 27 heavy (non-hydrogen) atoms. The van der Waals surface area contributed by atoms with Gasteiger partial charge in [-0.25, -0.2) is 5.43 Å². The lowest BCUT2D eigenvalue weighted by molar-refractivity contribution is 0.0955. The summed E-state index contributed by atoms with van der Waals surface area (Å²) >= 11 is 6.42. The minimum Gasteiger partial charge on any atom is -0.506 e. The summed E-state index contributed by atoms with van der Waals surface area (Å²) in [5.41, 5.74) is 7.00. The number of nitrogens with one attached hydrogen (secondary N) is 1. The van der Waals surface area contributed by atoms with E-state index in [1.54, 1.807) is 6.21 Å². The number of hydrogen-bond donors (Lipinski definition) is 2. The molecule has 0 saturated heterocycles. The third-order valence-corrected chi connectivity index (χ3v) is 5.34. The Morgan fingerprint density at radius 2 is 1.74 bits per heavy atom. The second-order valence-corrected chi connectivity index (χ2v) is 7.69. The number of hydrazone groups is 1. The fourth-order valence-corrected chi connectivity index (χ4v) is 4.00. The first-order valence-electron chi connectivity index (χ1n) is 8.14. The quantitative estimate of drug-likeness (QED) is 0.395. The van der Waals surface area contributed by atoms with Gasteiger partial charge in [-0.15, -0.1) is 0 Å². The fourth-order valence-electron chi connectivity index (χ4n) is 2.81. The Bertz CT molecular complexity index is 1000. The van der Waals surface area contributed by atoms with Crippen molar-refractivity contribution in [3.8, 4) is 11.4 Å². The molecule has 1 heterocycles. The maximum atomic E-state index is 12.3. The first kappa shape index (κ1) is 19.4. The van der Waals surface area contributed by atoms with Gasteiger partial charge in [-0.2, -0.15) is 5.10 Å². The third kappa shape index (κ3) is 4.14. The largest absolute Gasteiger partial charge is 0.506 e. The van der Waals surface area contributed by atoms with Gasteiger partial charge in [0.15, 0.2) is 0 Å². The van der Waals surface area contributed by atoms with E-state index < -0.39 is 0 Å². The van der Waals surface area contributed by atoms with Crippen LogP contribution < -0.4 is 5.43 Å². The molecule has 1 aromatic heterocycles. The number of aromatic nitrogens is 1. The molecule has 0 bridgehead atoms. The smallest absolute Gasteiger partial charge is 0.271 e. The van der Waals surface area contributed by atoms with E-state index in [1.165, 1.54) is 12.1 Å². The van der Waals surface area contributed by atoms with Crippen molar-refractivity contribution in [2.45, 2.75) is 13.8 Å². The molecular formula is C20H17Br2N3O2. The maximum Gasteiger partial charge on any atom is 0.271 e. The highest BCUT2D eigenvalue weighted by Gasteiger charge is 2.12. The zero-order valence-electron chi connectivity index (χ0n) is 14.7. The van der Waals surface area contributed by atoms with Gasteiger partial charge < -0.3 is 9.67 Å². The van der Waals surface area contributed by atoms with Crippen molar-refractivity contribution in [3.63, 3.8) is 0 Å². The Kier molecular flexibility index (Phi) is 5.82. The molecule has 0 aliphatic carbocycles. The minimum absolute atomic E-state index is 0.0448. The molecule has 3 rings (SSSR count). The Morgan fingerprint density at radius 3 is 2.37 bits per heavy atom. The molecule has 3 aromatic rings. The summed E-state index contributed by atoms with van der Waals surface area (Å²) in [6.07, 6.45) is 1.63. The Labute approximate surface area is 174 Å². The number of hydrogen-bond acceptors (Lipinski definition) is 3. The number of aryl methyl sites for hydroxylation is 1. The van der Waals surface area contributed by atoms with Crippen LogP contribution >= 0.6 is 31.9 Å². The molecule has 2 N–H and O–H groups in total. The van der Waals surface area contributed by atoms with E-state index in [9.17, 15) is 9.90 Å². The highest BCUT2D eigenvalue weighted by atomic mass is 79.9. The molecule has 0 unspecified atom stereocenters. The molecule has 0 radical (unpaired) electrons. The Morgan fingerprint density at radius 1 is 1.11 bits per heavy atom. The number of carbonyl (C=O) groups excluding carboxylic acids is 1. The van der Waals surface area contributed by atoms with Crippen LogP contribution in [0.2, 0.25) is 0 Å². The third-order valence-electron chi connectivity index (χ3n) is 4.13. The second-order valence-electron chi connectivity index (χ2n) is 5.99. The molecule has 0 aliphatic rings. The summed E-state index contributed by atoms with van der Waals surface area (Å²) in [5, 5.41) is 13.8. The molecule has 0 spiro atoms. The average Bonchev–Trinajstić information content (AvgIpc) is 2.93. The minimum atomic E-state index is -0.371. The van der Waals surface area contributed by atoms with Crippen LogP contribution in [0, 0.1) is 13.8 Å². The summed E-state index contributed by atoms with van der Waals surface area (Å²) in [5.74, 6) is -0.326. The van der Waals surface area contributed by atoms with Crippen molar-refractivity contribution in [2.24, 2.45) is 5.10 Å². The van der Waals surface area contributed by atoms with Gasteiger partial charge in [0.25, 0.3) is 5.91 Å². The van der Waals surface area contributed by atoms with Crippen LogP contribution in [-0.2, 0) is 0 Å². The number of benzene rings is 2. The van der Waals surface area contributed by atoms with Crippen molar-refractivity contribution in [2.75, 3.05) is 0 Å². The van der Waals surface area contributed by atoms with Gasteiger partial charge in [0.05, 0.1) is 15.2 Å². The van der Waals surface area contributed by atoms with E-state index in [0.29, 0.717) is 14.5 Å². The summed E-state index contributed by atoms with van der Waals surface area (Å²) in [6.45, 7) is 4.04. The number of amides is 1. The van der Waals surface area contributed by atoms with Crippen LogP contribution in [0.4, 0.5) is 0 Å². The monoisotopic (exact) mass is 489 g/mol. The van der Waals surface area contributed by atoms with Crippen molar-refractivity contribution >= 4 is 44.0 Å². The highest BCUT2D eigenvalue weighted by molar-refractivity contribution is 9.11. The van der Waals surface area contributed by atoms with E-state index >= 15 is 0 Å². The number of nitrogens with zero attached hydrogens (tertiary/aromatic N) is 2. The lowest BCUT2D eigenvalue weighted by Gasteiger charge is -2.09. The van der Waals surface area contributed by atoms with E-state index in [2.05, 4.69) is 47.0 Å². The van der Waals surface area contributed by atoms with Gasteiger partial charge in [0.1, 0.15) is 5.75 Å². The van der Waals surface area contributed by atoms with Crippen LogP contribution in [0.15, 0.2) is 62.6 Å². The van der Waals surface area contributed by atoms with E-state index in [1.807, 2.05) is 50.2 Å². The van der Waals surface area contributed by atoms with Gasteiger partial charge in [0, 0.05) is 28.2 Å². The number of rotatable bonds is 4. The van der Waals surface area contributed by atoms with E-state index in [-0.39, 0.29) is 11.7 Å². The molecule has 0 saturated carbocycles. The number of carbonyl (C=O) groups is 1. The summed E-state index contributed by atoms with van der Waals surface area (Å²) < 4.78 is 2.99. The normalized spacial score (nSPS) is 11.1. The first-order valence-corrected chi connectivity index (χ1v) is 9.73. The van der Waals surface area contributed by atoms with Crippen molar-refractivity contribution in [1.29, 1.82) is 0 Å². The molecule has 0 atom stereocenters. The zero-order valence-corrected chi connectivity index (χ0v) is 17.9. The highest BCUT2D eigenvalue weighted by Crippen LogP contribution is 2.33. The van der Waals surface area contributed by atoms with Gasteiger partial charge in [-0.1, -0.05) is 18.2 Å². The Balaban J connectivity index is 1.78. The number of phenolic OH excluding ortho intramolecular Hbond substituents is 1. The predicted octanol–water partition coefficient (Wildman–Crippen LogP) is 5.09. The van der Waals surface area contributed by atoms with Gasteiger partial charge in [0.2, 0.25) is 0 Å². The van der Waals surface area contributed by atoms with Crippen LogP contribution in [0.5, 0.6) is 5.75 Å². The number of halogens is 2. The van der Waals surface area contributed by atoms with Crippen LogP contribution in [0.25, 0.3) is 5.69 Å². The van der Waals surface area contributed by atoms with Crippen LogP contribution in [0.3, 0.4) is 0 Å². The molecule has 2 aromatic carbocycles. The SMILES string of the molecule is Cc1cc(/C=N\NC(=O)c2cc(Br)c(O)c(Br)c2)c(C)n1-c1ccccc1. The van der Waals surface area contributed by atoms with Crippen molar-refractivity contribution in [1.82, 2.24) is 9.99 Å². The molecule has 7 heteroatoms. The number of para-hydroxylation sites is 1. The van der Waals surface area contributed by atoms with Crippen LogP contribution in [-0.4, -0.2) is 21.8 Å². The standard InChI is InChI=1S/C20H17Br2N3O2/c1-12-8-15(13(2)25(12)16-6-4-3-5-7-16)11-23-24-20(27)14-9-17(21)19(26)18(22)10-14/h3-11,26H,1-2H3,(H,24,27)/b23-11-. The topological polar surface area (TPSA) is 66.6 Å². The van der Waals surface area contributed by atoms with Gasteiger partial charge in [-0.05, 0) is 76.0 Å². The zero-order chi connectivity index (χ0) is 19.6. The average molecular weight is 491 g/mol. The van der Waals surface area contributed by atoms with Crippen LogP contribution in [0.1, 0.15) is 27.3 Å². The summed E-state index contributed by atoms with van der Waals surface area (Å²) in [7, 11) is 0. The maximum absolute atomic E-state index is 12.3. The lowest BCUT2D eigenvalue weighted by atomic mass is 10.2. The predicted molar refractivity (Wildman–Crippen MR) is 114 cm³/mol. The van der Waals surface area contributed by atoms with Gasteiger partial charge >= 0.3 is 0 Å². The van der Waals surface area contributed by atoms with E-state index in [4.69, 9.17) is 0 Å². The summed E-state index contributed by atoms with van der Waals surface area (Å²) in [6, 6.07) is 15.2. The molecule has 1 amide bonds. The van der Waals surface area contributed by atoms with Crippen molar-refractivity contribution < 1.29 is 9.90 Å². The molecule has 138 valence electrons. The van der Waals surface area contributed by atoms with Crippen molar-refractivity contribution in [3.05, 3.63) is 80.0 Å². The molecular weight excluding hydrogens is 474 g/mol. The lowest BCUT2D eigenvalue weighted by Crippen LogP contribution is -2.17. The fraction of sp³-hybridized carbons (Fsp3) is 0.100. The summed E-state index contributed by atoms with van der Waals surface area (Å²) in [4.78, 5) is 12.3. The molecule has 0 aliphatic heterocycles.